The lowest BCUT2D eigenvalue weighted by molar-refractivity contribution is 0.578. The Morgan fingerprint density at radius 3 is 2.52 bits per heavy atom. The largest absolute Gasteiger partial charge is 0.311 e. The summed E-state index contributed by atoms with van der Waals surface area (Å²) in [7, 11) is 1.99. The van der Waals surface area contributed by atoms with E-state index in [0.717, 1.165) is 22.1 Å². The van der Waals surface area contributed by atoms with Gasteiger partial charge in [-0.15, -0.1) is 0 Å². The zero-order chi connectivity index (χ0) is 14.7. The van der Waals surface area contributed by atoms with Crippen LogP contribution >= 0.6 is 15.9 Å². The molecule has 1 atom stereocenters. The number of fused-ring (bicyclic) bond motifs is 1. The molecule has 0 aliphatic rings. The molecule has 1 heterocycles. The van der Waals surface area contributed by atoms with Crippen LogP contribution in [-0.2, 0) is 6.42 Å². The maximum atomic E-state index is 4.79. The van der Waals surface area contributed by atoms with E-state index in [9.17, 15) is 0 Å². The van der Waals surface area contributed by atoms with E-state index < -0.39 is 0 Å². The molecule has 3 aromatic rings. The Morgan fingerprint density at radius 1 is 1.00 bits per heavy atom. The topological polar surface area (TPSA) is 24.9 Å². The SMILES string of the molecule is CNC(Cc1ccc(Br)cc1)c1ccc2ccccc2n1. The lowest BCUT2D eigenvalue weighted by Gasteiger charge is -2.16. The van der Waals surface area contributed by atoms with E-state index in [1.165, 1.54) is 10.9 Å². The van der Waals surface area contributed by atoms with Gasteiger partial charge in [-0.3, -0.25) is 4.98 Å². The van der Waals surface area contributed by atoms with Crippen molar-refractivity contribution in [2.24, 2.45) is 0 Å². The van der Waals surface area contributed by atoms with Gasteiger partial charge in [0.25, 0.3) is 0 Å². The number of nitrogens with zero attached hydrogens (tertiary/aromatic N) is 1. The van der Waals surface area contributed by atoms with Crippen LogP contribution in [0.15, 0.2) is 65.1 Å². The van der Waals surface area contributed by atoms with E-state index in [0.29, 0.717) is 0 Å². The van der Waals surface area contributed by atoms with Gasteiger partial charge in [0.15, 0.2) is 0 Å². The van der Waals surface area contributed by atoms with Gasteiger partial charge in [-0.1, -0.05) is 52.3 Å². The van der Waals surface area contributed by atoms with Gasteiger partial charge in [-0.2, -0.15) is 0 Å². The van der Waals surface area contributed by atoms with Crippen molar-refractivity contribution < 1.29 is 0 Å². The van der Waals surface area contributed by atoms with Crippen molar-refractivity contribution in [1.82, 2.24) is 10.3 Å². The maximum absolute atomic E-state index is 4.79. The smallest absolute Gasteiger partial charge is 0.0706 e. The van der Waals surface area contributed by atoms with E-state index in [1.54, 1.807) is 0 Å². The van der Waals surface area contributed by atoms with Gasteiger partial charge in [0.1, 0.15) is 0 Å². The summed E-state index contributed by atoms with van der Waals surface area (Å²) in [5.74, 6) is 0. The van der Waals surface area contributed by atoms with Crippen molar-refractivity contribution in [3.63, 3.8) is 0 Å². The highest BCUT2D eigenvalue weighted by atomic mass is 79.9. The molecule has 3 rings (SSSR count). The van der Waals surface area contributed by atoms with Crippen molar-refractivity contribution in [3.05, 3.63) is 76.4 Å². The summed E-state index contributed by atoms with van der Waals surface area (Å²) >= 11 is 3.47. The third kappa shape index (κ3) is 3.31. The van der Waals surface area contributed by atoms with Crippen LogP contribution < -0.4 is 5.32 Å². The van der Waals surface area contributed by atoms with E-state index in [-0.39, 0.29) is 6.04 Å². The summed E-state index contributed by atoms with van der Waals surface area (Å²) in [5, 5.41) is 4.55. The Hall–Kier alpha value is -1.71. The van der Waals surface area contributed by atoms with Crippen LogP contribution in [0.25, 0.3) is 10.9 Å². The molecule has 0 saturated heterocycles. The molecule has 0 aliphatic carbocycles. The van der Waals surface area contributed by atoms with E-state index in [4.69, 9.17) is 4.98 Å². The molecule has 0 fully saturated rings. The Bertz CT molecular complexity index is 738. The van der Waals surface area contributed by atoms with Gasteiger partial charge < -0.3 is 5.32 Å². The van der Waals surface area contributed by atoms with Gasteiger partial charge in [-0.25, -0.2) is 0 Å². The summed E-state index contributed by atoms with van der Waals surface area (Å²) < 4.78 is 1.11. The third-order valence-electron chi connectivity index (χ3n) is 3.68. The summed E-state index contributed by atoms with van der Waals surface area (Å²) in [6.45, 7) is 0. The molecule has 1 unspecified atom stereocenters. The van der Waals surface area contributed by atoms with Crippen LogP contribution in [0.5, 0.6) is 0 Å². The predicted octanol–water partition coefficient (Wildman–Crippen LogP) is 4.50. The Balaban J connectivity index is 1.88. The van der Waals surface area contributed by atoms with E-state index in [1.807, 2.05) is 19.2 Å². The highest BCUT2D eigenvalue weighted by Gasteiger charge is 2.12. The monoisotopic (exact) mass is 340 g/mol. The van der Waals surface area contributed by atoms with Crippen LogP contribution in [0.4, 0.5) is 0 Å². The highest BCUT2D eigenvalue weighted by Crippen LogP contribution is 2.21. The number of nitrogens with one attached hydrogen (secondary N) is 1. The summed E-state index contributed by atoms with van der Waals surface area (Å²) in [4.78, 5) is 4.79. The average Bonchev–Trinajstić information content (AvgIpc) is 2.54. The molecule has 2 aromatic carbocycles. The first-order valence-corrected chi connectivity index (χ1v) is 7.83. The second kappa shape index (κ2) is 6.37. The number of likely N-dealkylation sites (N-methyl/N-ethyl adjacent to an activating group) is 1. The molecule has 0 amide bonds. The van der Waals surface area contributed by atoms with Crippen molar-refractivity contribution in [2.75, 3.05) is 7.05 Å². The van der Waals surface area contributed by atoms with E-state index >= 15 is 0 Å². The molecule has 21 heavy (non-hydrogen) atoms. The number of halogens is 1. The lowest BCUT2D eigenvalue weighted by atomic mass is 10.0. The first-order chi connectivity index (χ1) is 10.3. The molecular formula is C18H17BrN2. The molecule has 1 N–H and O–H groups in total. The minimum atomic E-state index is 0.218. The van der Waals surface area contributed by atoms with Crippen LogP contribution in [0.2, 0.25) is 0 Å². The number of aromatic nitrogens is 1. The Kier molecular flexibility index (Phi) is 4.32. The molecule has 0 radical (unpaired) electrons. The van der Waals surface area contributed by atoms with Gasteiger partial charge >= 0.3 is 0 Å². The van der Waals surface area contributed by atoms with Crippen LogP contribution in [-0.4, -0.2) is 12.0 Å². The third-order valence-corrected chi connectivity index (χ3v) is 4.21. The fourth-order valence-electron chi connectivity index (χ4n) is 2.49. The quantitative estimate of drug-likeness (QED) is 0.756. The molecular weight excluding hydrogens is 324 g/mol. The normalized spacial score (nSPS) is 12.5. The second-order valence-corrected chi connectivity index (χ2v) is 6.02. The van der Waals surface area contributed by atoms with E-state index in [2.05, 4.69) is 69.8 Å². The Labute approximate surface area is 133 Å². The number of hydrogen-bond donors (Lipinski definition) is 1. The number of pyridine rings is 1. The van der Waals surface area contributed by atoms with Crippen molar-refractivity contribution in [1.29, 1.82) is 0 Å². The zero-order valence-electron chi connectivity index (χ0n) is 11.9. The molecule has 0 spiro atoms. The molecule has 2 nitrogen and oxygen atoms in total. The molecule has 0 aliphatic heterocycles. The number of benzene rings is 2. The highest BCUT2D eigenvalue weighted by molar-refractivity contribution is 9.10. The first-order valence-electron chi connectivity index (χ1n) is 7.03. The molecule has 1 aromatic heterocycles. The summed E-state index contributed by atoms with van der Waals surface area (Å²) in [6.07, 6.45) is 0.926. The van der Waals surface area contributed by atoms with Crippen molar-refractivity contribution in [2.45, 2.75) is 12.5 Å². The van der Waals surface area contributed by atoms with Crippen molar-refractivity contribution >= 4 is 26.8 Å². The van der Waals surface area contributed by atoms with Gasteiger partial charge in [-0.05, 0) is 43.3 Å². The molecule has 106 valence electrons. The van der Waals surface area contributed by atoms with Crippen LogP contribution in [0.1, 0.15) is 17.3 Å². The first kappa shape index (κ1) is 14.2. The number of para-hydroxylation sites is 1. The summed E-state index contributed by atoms with van der Waals surface area (Å²) in [6, 6.07) is 21.2. The van der Waals surface area contributed by atoms with Crippen LogP contribution in [0.3, 0.4) is 0 Å². The molecule has 3 heteroatoms. The number of rotatable bonds is 4. The number of hydrogen-bond acceptors (Lipinski definition) is 2. The average molecular weight is 341 g/mol. The molecule has 0 saturated carbocycles. The maximum Gasteiger partial charge on any atom is 0.0706 e. The molecule has 0 bridgehead atoms. The Morgan fingerprint density at radius 2 is 1.76 bits per heavy atom. The minimum absolute atomic E-state index is 0.218. The van der Waals surface area contributed by atoms with Gasteiger partial charge in [0, 0.05) is 9.86 Å². The predicted molar refractivity (Wildman–Crippen MR) is 91.4 cm³/mol. The lowest BCUT2D eigenvalue weighted by Crippen LogP contribution is -2.20. The fraction of sp³-hybridized carbons (Fsp3) is 0.167. The standard InChI is InChI=1S/C18H17BrN2/c1-20-18(12-13-6-9-15(19)10-7-13)17-11-8-14-4-2-3-5-16(14)21-17/h2-11,18,20H,12H2,1H3. The zero-order valence-corrected chi connectivity index (χ0v) is 13.5. The summed E-state index contributed by atoms with van der Waals surface area (Å²) in [5.41, 5.74) is 3.43. The van der Waals surface area contributed by atoms with Crippen LogP contribution in [0, 0.1) is 0 Å². The van der Waals surface area contributed by atoms with Crippen molar-refractivity contribution in [3.8, 4) is 0 Å². The minimum Gasteiger partial charge on any atom is -0.311 e. The van der Waals surface area contributed by atoms with Gasteiger partial charge in [0.2, 0.25) is 0 Å². The second-order valence-electron chi connectivity index (χ2n) is 5.10. The fourth-order valence-corrected chi connectivity index (χ4v) is 2.75. The van der Waals surface area contributed by atoms with Gasteiger partial charge in [0.05, 0.1) is 17.3 Å².